The molecule has 1 fully saturated rings. The molecular weight excluding hydrogens is 226 g/mol. The summed E-state index contributed by atoms with van der Waals surface area (Å²) in [6.07, 6.45) is 5.07. The van der Waals surface area contributed by atoms with Crippen molar-refractivity contribution in [1.29, 1.82) is 0 Å². The van der Waals surface area contributed by atoms with E-state index in [9.17, 15) is 0 Å². The molecule has 1 aromatic rings. The van der Waals surface area contributed by atoms with E-state index in [0.29, 0.717) is 5.92 Å². The maximum atomic E-state index is 5.37. The van der Waals surface area contributed by atoms with Crippen LogP contribution >= 0.6 is 0 Å². The van der Waals surface area contributed by atoms with Crippen molar-refractivity contribution in [1.82, 2.24) is 14.7 Å². The number of hydrogen-bond donors (Lipinski definition) is 0. The minimum absolute atomic E-state index is 0.449. The smallest absolute Gasteiger partial charge is 0.0736 e. The van der Waals surface area contributed by atoms with Crippen molar-refractivity contribution in [2.24, 2.45) is 5.92 Å². The molecule has 2 heterocycles. The summed E-state index contributed by atoms with van der Waals surface area (Å²) in [5.74, 6) is 1.40. The van der Waals surface area contributed by atoms with E-state index < -0.39 is 0 Å². The number of aromatic nitrogens is 2. The van der Waals surface area contributed by atoms with Crippen LogP contribution in [0.3, 0.4) is 0 Å². The first-order valence-corrected chi connectivity index (χ1v) is 7.07. The van der Waals surface area contributed by atoms with Crippen molar-refractivity contribution in [3.63, 3.8) is 0 Å². The third-order valence-corrected chi connectivity index (χ3v) is 4.03. The number of hydrogen-bond acceptors (Lipinski definition) is 3. The zero-order valence-electron chi connectivity index (χ0n) is 11.4. The Bertz CT molecular complexity index is 411. The first kappa shape index (κ1) is 12.2. The molecule has 0 unspecified atom stereocenters. The third kappa shape index (κ3) is 2.45. The Morgan fingerprint density at radius 3 is 2.94 bits per heavy atom. The molecule has 0 N–H and O–H groups in total. The van der Waals surface area contributed by atoms with E-state index in [1.54, 1.807) is 7.11 Å². The van der Waals surface area contributed by atoms with Crippen LogP contribution in [0.2, 0.25) is 0 Å². The molecule has 0 saturated heterocycles. The highest BCUT2D eigenvalue weighted by Gasteiger charge is 2.32. The Balaban J connectivity index is 1.78. The lowest BCUT2D eigenvalue weighted by Crippen LogP contribution is -2.36. The van der Waals surface area contributed by atoms with Gasteiger partial charge in [-0.15, -0.1) is 0 Å². The topological polar surface area (TPSA) is 30.3 Å². The van der Waals surface area contributed by atoms with Gasteiger partial charge in [0, 0.05) is 51.0 Å². The fraction of sp³-hybridized carbons (Fsp3) is 0.786. The largest absolute Gasteiger partial charge is 0.384 e. The van der Waals surface area contributed by atoms with Crippen LogP contribution in [-0.2, 0) is 17.8 Å². The van der Waals surface area contributed by atoms with E-state index in [1.807, 2.05) is 0 Å². The lowest BCUT2D eigenvalue weighted by Gasteiger charge is -2.31. The molecule has 0 amide bonds. The van der Waals surface area contributed by atoms with Gasteiger partial charge in [0.2, 0.25) is 0 Å². The van der Waals surface area contributed by atoms with Gasteiger partial charge in [0.15, 0.2) is 0 Å². The summed E-state index contributed by atoms with van der Waals surface area (Å²) >= 11 is 0. The van der Waals surface area contributed by atoms with Gasteiger partial charge < -0.3 is 4.74 Å². The van der Waals surface area contributed by atoms with Gasteiger partial charge in [-0.05, 0) is 25.7 Å². The lowest BCUT2D eigenvalue weighted by molar-refractivity contribution is 0.135. The molecule has 0 radical (unpaired) electrons. The van der Waals surface area contributed by atoms with Gasteiger partial charge in [-0.1, -0.05) is 0 Å². The average Bonchev–Trinajstić information content (AvgIpc) is 3.06. The molecule has 1 saturated carbocycles. The quantitative estimate of drug-likeness (QED) is 0.798. The standard InChI is InChI=1S/C14H23N3O/c1-3-17-9-12-7-16(6-11-4-5-11)8-13(10-18-2)14(12)15-17/h9,11,13H,3-8,10H2,1-2H3/t13-/m1/s1. The second-order valence-electron chi connectivity index (χ2n) is 5.68. The highest BCUT2D eigenvalue weighted by molar-refractivity contribution is 5.24. The van der Waals surface area contributed by atoms with Gasteiger partial charge in [-0.25, -0.2) is 0 Å². The Kier molecular flexibility index (Phi) is 3.39. The van der Waals surface area contributed by atoms with E-state index in [-0.39, 0.29) is 0 Å². The van der Waals surface area contributed by atoms with E-state index in [2.05, 4.69) is 22.7 Å². The minimum atomic E-state index is 0.449. The summed E-state index contributed by atoms with van der Waals surface area (Å²) in [5, 5.41) is 4.71. The Labute approximate surface area is 109 Å². The fourth-order valence-electron chi connectivity index (χ4n) is 2.95. The molecule has 18 heavy (non-hydrogen) atoms. The van der Waals surface area contributed by atoms with Crippen LogP contribution in [0.1, 0.15) is 36.9 Å². The van der Waals surface area contributed by atoms with Crippen LogP contribution in [-0.4, -0.2) is 41.5 Å². The Hall–Kier alpha value is -0.870. The SMILES string of the molecule is CCn1cc2c(n1)[C@@H](COC)CN(CC1CC1)C2. The number of nitrogens with zero attached hydrogens (tertiary/aromatic N) is 3. The number of fused-ring (bicyclic) bond motifs is 1. The summed E-state index contributed by atoms with van der Waals surface area (Å²) in [6, 6.07) is 0. The zero-order valence-corrected chi connectivity index (χ0v) is 11.4. The van der Waals surface area contributed by atoms with Gasteiger partial charge in [-0.3, -0.25) is 9.58 Å². The van der Waals surface area contributed by atoms with E-state index in [0.717, 1.165) is 32.2 Å². The van der Waals surface area contributed by atoms with Crippen LogP contribution in [0.15, 0.2) is 6.20 Å². The summed E-state index contributed by atoms with van der Waals surface area (Å²) in [6.45, 7) is 7.33. The molecule has 2 aliphatic rings. The van der Waals surface area contributed by atoms with E-state index >= 15 is 0 Å². The van der Waals surface area contributed by atoms with Crippen LogP contribution < -0.4 is 0 Å². The molecule has 1 aliphatic carbocycles. The maximum Gasteiger partial charge on any atom is 0.0736 e. The van der Waals surface area contributed by atoms with Crippen molar-refractivity contribution < 1.29 is 4.74 Å². The molecule has 1 atom stereocenters. The zero-order chi connectivity index (χ0) is 12.5. The summed E-state index contributed by atoms with van der Waals surface area (Å²) in [4.78, 5) is 2.59. The molecular formula is C14H23N3O. The average molecular weight is 249 g/mol. The molecule has 1 aromatic heterocycles. The summed E-state index contributed by atoms with van der Waals surface area (Å²) in [5.41, 5.74) is 2.68. The molecule has 100 valence electrons. The molecule has 1 aliphatic heterocycles. The Morgan fingerprint density at radius 2 is 2.28 bits per heavy atom. The number of methoxy groups -OCH3 is 1. The van der Waals surface area contributed by atoms with Gasteiger partial charge >= 0.3 is 0 Å². The van der Waals surface area contributed by atoms with Crippen molar-refractivity contribution >= 4 is 0 Å². The molecule has 0 bridgehead atoms. The van der Waals surface area contributed by atoms with Gasteiger partial charge in [0.05, 0.1) is 12.3 Å². The summed E-state index contributed by atoms with van der Waals surface area (Å²) in [7, 11) is 1.79. The highest BCUT2D eigenvalue weighted by Crippen LogP contribution is 2.33. The highest BCUT2D eigenvalue weighted by atomic mass is 16.5. The molecule has 0 spiro atoms. The van der Waals surface area contributed by atoms with E-state index in [1.165, 1.54) is 30.6 Å². The number of aryl methyl sites for hydroxylation is 1. The molecule has 4 heteroatoms. The molecule has 3 rings (SSSR count). The molecule has 0 aromatic carbocycles. The number of ether oxygens (including phenoxy) is 1. The van der Waals surface area contributed by atoms with Crippen LogP contribution in [0.5, 0.6) is 0 Å². The van der Waals surface area contributed by atoms with Crippen molar-refractivity contribution in [2.75, 3.05) is 26.8 Å². The van der Waals surface area contributed by atoms with Crippen LogP contribution in [0.4, 0.5) is 0 Å². The first-order valence-electron chi connectivity index (χ1n) is 7.07. The van der Waals surface area contributed by atoms with Gasteiger partial charge in [-0.2, -0.15) is 5.10 Å². The maximum absolute atomic E-state index is 5.37. The van der Waals surface area contributed by atoms with Gasteiger partial charge in [0.25, 0.3) is 0 Å². The Morgan fingerprint density at radius 1 is 1.44 bits per heavy atom. The van der Waals surface area contributed by atoms with E-state index in [4.69, 9.17) is 9.84 Å². The van der Waals surface area contributed by atoms with Crippen molar-refractivity contribution in [2.45, 2.75) is 38.8 Å². The lowest BCUT2D eigenvalue weighted by atomic mass is 9.97. The number of rotatable bonds is 5. The normalized spacial score (nSPS) is 24.2. The van der Waals surface area contributed by atoms with Gasteiger partial charge in [0.1, 0.15) is 0 Å². The second-order valence-corrected chi connectivity index (χ2v) is 5.68. The van der Waals surface area contributed by atoms with Crippen molar-refractivity contribution in [3.8, 4) is 0 Å². The second kappa shape index (κ2) is 5.02. The third-order valence-electron chi connectivity index (χ3n) is 4.03. The minimum Gasteiger partial charge on any atom is -0.384 e. The molecule has 4 nitrogen and oxygen atoms in total. The van der Waals surface area contributed by atoms with Crippen LogP contribution in [0, 0.1) is 5.92 Å². The fourth-order valence-corrected chi connectivity index (χ4v) is 2.95. The predicted octanol–water partition coefficient (Wildman–Crippen LogP) is 1.86. The van der Waals surface area contributed by atoms with Crippen molar-refractivity contribution in [3.05, 3.63) is 17.5 Å². The predicted molar refractivity (Wildman–Crippen MR) is 70.5 cm³/mol. The first-order chi connectivity index (χ1) is 8.80. The summed E-state index contributed by atoms with van der Waals surface area (Å²) < 4.78 is 7.44. The van der Waals surface area contributed by atoms with Crippen LogP contribution in [0.25, 0.3) is 0 Å². The monoisotopic (exact) mass is 249 g/mol.